The summed E-state index contributed by atoms with van der Waals surface area (Å²) in [7, 11) is 0. The van der Waals surface area contributed by atoms with Crippen LogP contribution in [0.5, 0.6) is 0 Å². The SMILES string of the molecule is O=C(/C=C/CN1CC(F)C1)N1CCn2nc(-c3ccc(Cl)cc3)c(-c3ccncc3)c2C1. The molecule has 8 heteroatoms. The van der Waals surface area contributed by atoms with E-state index in [1.54, 1.807) is 18.5 Å². The molecule has 0 N–H and O–H groups in total. The van der Waals surface area contributed by atoms with Crippen molar-refractivity contribution >= 4 is 17.5 Å². The Morgan fingerprint density at radius 1 is 1.09 bits per heavy atom. The van der Waals surface area contributed by atoms with Crippen LogP contribution in [0.4, 0.5) is 4.39 Å². The number of fused-ring (bicyclic) bond motifs is 1. The lowest BCUT2D eigenvalue weighted by molar-refractivity contribution is -0.127. The lowest BCUT2D eigenvalue weighted by Crippen LogP contribution is -2.48. The zero-order valence-electron chi connectivity index (χ0n) is 17.5. The smallest absolute Gasteiger partial charge is 0.246 e. The Labute approximate surface area is 190 Å². The summed E-state index contributed by atoms with van der Waals surface area (Å²) in [6.45, 7) is 3.17. The van der Waals surface area contributed by atoms with Gasteiger partial charge in [0.2, 0.25) is 5.91 Å². The fourth-order valence-corrected chi connectivity index (χ4v) is 4.33. The number of nitrogens with zero attached hydrogens (tertiary/aromatic N) is 5. The Hall–Kier alpha value is -3.03. The van der Waals surface area contributed by atoms with Crippen molar-refractivity contribution in [3.8, 4) is 22.4 Å². The second kappa shape index (κ2) is 8.84. The van der Waals surface area contributed by atoms with Gasteiger partial charge >= 0.3 is 0 Å². The molecule has 5 rings (SSSR count). The standard InChI is InChI=1S/C24H23ClFN5O/c25-19-5-3-18(4-6-19)24-23(17-7-9-27-10-8-17)21-16-30(12-13-31(21)28-24)22(32)2-1-11-29-14-20(26)15-29/h1-10,20H,11-16H2/b2-1+. The van der Waals surface area contributed by atoms with Crippen LogP contribution in [0.3, 0.4) is 0 Å². The van der Waals surface area contributed by atoms with E-state index >= 15 is 0 Å². The van der Waals surface area contributed by atoms with Crippen molar-refractivity contribution < 1.29 is 9.18 Å². The van der Waals surface area contributed by atoms with Crippen LogP contribution < -0.4 is 0 Å². The maximum Gasteiger partial charge on any atom is 0.246 e. The molecule has 2 aliphatic rings. The summed E-state index contributed by atoms with van der Waals surface area (Å²) in [6.07, 6.45) is 6.21. The predicted octanol–water partition coefficient (Wildman–Crippen LogP) is 3.82. The number of pyridine rings is 1. The monoisotopic (exact) mass is 451 g/mol. The topological polar surface area (TPSA) is 54.3 Å². The van der Waals surface area contributed by atoms with E-state index in [1.807, 2.05) is 57.0 Å². The van der Waals surface area contributed by atoms with Crippen LogP contribution in [0.15, 0.2) is 60.9 Å². The van der Waals surface area contributed by atoms with Gasteiger partial charge in [0.1, 0.15) is 11.9 Å². The number of hydrogen-bond donors (Lipinski definition) is 0. The van der Waals surface area contributed by atoms with Crippen molar-refractivity contribution in [1.29, 1.82) is 0 Å². The minimum absolute atomic E-state index is 0.0384. The lowest BCUT2D eigenvalue weighted by atomic mass is 9.99. The summed E-state index contributed by atoms with van der Waals surface area (Å²) >= 11 is 6.09. The maximum absolute atomic E-state index is 12.9. The summed E-state index contributed by atoms with van der Waals surface area (Å²) in [5.74, 6) is -0.0384. The Bertz CT molecular complexity index is 1140. The number of alkyl halides is 1. The number of aromatic nitrogens is 3. The predicted molar refractivity (Wildman–Crippen MR) is 122 cm³/mol. The van der Waals surface area contributed by atoms with Gasteiger partial charge in [0.05, 0.1) is 18.8 Å². The molecular formula is C24H23ClFN5O. The van der Waals surface area contributed by atoms with E-state index in [-0.39, 0.29) is 5.91 Å². The van der Waals surface area contributed by atoms with Crippen LogP contribution in [-0.4, -0.2) is 62.8 Å². The molecule has 32 heavy (non-hydrogen) atoms. The zero-order valence-corrected chi connectivity index (χ0v) is 18.2. The number of likely N-dealkylation sites (tertiary alicyclic amines) is 1. The molecule has 2 aliphatic heterocycles. The summed E-state index contributed by atoms with van der Waals surface area (Å²) in [5, 5.41) is 5.56. The molecule has 0 radical (unpaired) electrons. The number of rotatable bonds is 5. The molecule has 4 heterocycles. The number of benzene rings is 1. The van der Waals surface area contributed by atoms with Gasteiger partial charge in [0.15, 0.2) is 0 Å². The Morgan fingerprint density at radius 2 is 1.84 bits per heavy atom. The van der Waals surface area contributed by atoms with Gasteiger partial charge in [-0.2, -0.15) is 5.10 Å². The van der Waals surface area contributed by atoms with Gasteiger partial charge in [0.25, 0.3) is 0 Å². The third-order valence-corrected chi connectivity index (χ3v) is 6.17. The first-order valence-electron chi connectivity index (χ1n) is 10.7. The van der Waals surface area contributed by atoms with Crippen molar-refractivity contribution in [2.45, 2.75) is 19.3 Å². The molecule has 2 aromatic heterocycles. The largest absolute Gasteiger partial charge is 0.331 e. The maximum atomic E-state index is 12.9. The average Bonchev–Trinajstić information content (AvgIpc) is 3.17. The first-order valence-corrected chi connectivity index (χ1v) is 11.0. The van der Waals surface area contributed by atoms with Gasteiger partial charge in [-0.1, -0.05) is 29.8 Å². The molecule has 6 nitrogen and oxygen atoms in total. The molecule has 0 atom stereocenters. The molecule has 1 saturated heterocycles. The first-order chi connectivity index (χ1) is 15.6. The number of hydrogen-bond acceptors (Lipinski definition) is 4. The highest BCUT2D eigenvalue weighted by atomic mass is 35.5. The van der Waals surface area contributed by atoms with Gasteiger partial charge in [0, 0.05) is 60.8 Å². The van der Waals surface area contributed by atoms with E-state index in [0.29, 0.717) is 44.3 Å². The Morgan fingerprint density at radius 3 is 2.56 bits per heavy atom. The number of halogens is 2. The Balaban J connectivity index is 1.42. The minimum atomic E-state index is -0.733. The second-order valence-corrected chi connectivity index (χ2v) is 8.55. The number of amides is 1. The molecule has 1 fully saturated rings. The normalized spacial score (nSPS) is 16.9. The van der Waals surface area contributed by atoms with Gasteiger partial charge in [-0.3, -0.25) is 19.4 Å². The zero-order chi connectivity index (χ0) is 22.1. The highest BCUT2D eigenvalue weighted by molar-refractivity contribution is 6.30. The van der Waals surface area contributed by atoms with E-state index < -0.39 is 6.17 Å². The molecular weight excluding hydrogens is 429 g/mol. The third kappa shape index (κ3) is 4.18. The third-order valence-electron chi connectivity index (χ3n) is 5.91. The van der Waals surface area contributed by atoms with Crippen LogP contribution in [0.1, 0.15) is 5.69 Å². The Kier molecular flexibility index (Phi) is 5.76. The molecule has 1 amide bonds. The van der Waals surface area contributed by atoms with E-state index in [9.17, 15) is 9.18 Å². The van der Waals surface area contributed by atoms with E-state index in [1.165, 1.54) is 0 Å². The quantitative estimate of drug-likeness (QED) is 0.553. The van der Waals surface area contributed by atoms with Crippen LogP contribution in [0.25, 0.3) is 22.4 Å². The average molecular weight is 452 g/mol. The molecule has 3 aromatic rings. The van der Waals surface area contributed by atoms with Crippen molar-refractivity contribution in [1.82, 2.24) is 24.6 Å². The van der Waals surface area contributed by atoms with E-state index in [0.717, 1.165) is 28.1 Å². The fraction of sp³-hybridized carbons (Fsp3) is 0.292. The van der Waals surface area contributed by atoms with Gasteiger partial charge in [-0.25, -0.2) is 4.39 Å². The van der Waals surface area contributed by atoms with Gasteiger partial charge < -0.3 is 4.90 Å². The van der Waals surface area contributed by atoms with E-state index in [4.69, 9.17) is 16.7 Å². The van der Waals surface area contributed by atoms with Gasteiger partial charge in [-0.05, 0) is 29.8 Å². The van der Waals surface area contributed by atoms with Crippen LogP contribution in [0.2, 0.25) is 5.02 Å². The molecule has 164 valence electrons. The summed E-state index contributed by atoms with van der Waals surface area (Å²) in [4.78, 5) is 20.8. The summed E-state index contributed by atoms with van der Waals surface area (Å²) in [6, 6.07) is 11.6. The van der Waals surface area contributed by atoms with Crippen molar-refractivity contribution in [2.24, 2.45) is 0 Å². The van der Waals surface area contributed by atoms with Crippen LogP contribution in [0, 0.1) is 0 Å². The van der Waals surface area contributed by atoms with E-state index in [2.05, 4.69) is 4.98 Å². The second-order valence-electron chi connectivity index (χ2n) is 8.11. The molecule has 0 unspecified atom stereocenters. The van der Waals surface area contributed by atoms with Crippen LogP contribution >= 0.6 is 11.6 Å². The number of carbonyl (C=O) groups excluding carboxylic acids is 1. The summed E-state index contributed by atoms with van der Waals surface area (Å²) in [5.41, 5.74) is 4.85. The molecule has 0 saturated carbocycles. The highest BCUT2D eigenvalue weighted by Crippen LogP contribution is 2.36. The van der Waals surface area contributed by atoms with Crippen molar-refractivity contribution in [3.05, 3.63) is 71.7 Å². The number of carbonyl (C=O) groups is 1. The van der Waals surface area contributed by atoms with Gasteiger partial charge in [-0.15, -0.1) is 0 Å². The molecule has 0 bridgehead atoms. The fourth-order valence-electron chi connectivity index (χ4n) is 4.20. The van der Waals surface area contributed by atoms with Crippen molar-refractivity contribution in [2.75, 3.05) is 26.2 Å². The minimum Gasteiger partial charge on any atom is -0.331 e. The highest BCUT2D eigenvalue weighted by Gasteiger charge is 2.28. The molecule has 0 aliphatic carbocycles. The lowest BCUT2D eigenvalue weighted by Gasteiger charge is -2.33. The first kappa shape index (κ1) is 20.8. The summed E-state index contributed by atoms with van der Waals surface area (Å²) < 4.78 is 14.9. The molecule has 0 spiro atoms. The molecule has 1 aromatic carbocycles. The van der Waals surface area contributed by atoms with Crippen LogP contribution in [-0.2, 0) is 17.9 Å². The van der Waals surface area contributed by atoms with Crippen molar-refractivity contribution in [3.63, 3.8) is 0 Å².